The number of fused-ring (bicyclic) bond motifs is 1. The Kier molecular flexibility index (Phi) is 5.55. The summed E-state index contributed by atoms with van der Waals surface area (Å²) in [6, 6.07) is 3.52. The molecule has 164 valence electrons. The third-order valence-corrected chi connectivity index (χ3v) is 5.36. The number of carbonyl (C=O) groups is 1. The first-order chi connectivity index (χ1) is 14.8. The van der Waals surface area contributed by atoms with Crippen molar-refractivity contribution in [2.75, 3.05) is 18.0 Å². The lowest BCUT2D eigenvalue weighted by molar-refractivity contribution is -0.138. The Balaban J connectivity index is 1.73. The zero-order chi connectivity index (χ0) is 22.2. The van der Waals surface area contributed by atoms with Crippen LogP contribution in [0.1, 0.15) is 53.7 Å². The van der Waals surface area contributed by atoms with E-state index in [4.69, 9.17) is 0 Å². The van der Waals surface area contributed by atoms with Crippen molar-refractivity contribution in [3.05, 3.63) is 59.2 Å². The molecular formula is C21H21F4N5O. The van der Waals surface area contributed by atoms with Crippen molar-refractivity contribution in [2.24, 2.45) is 0 Å². The number of anilines is 1. The van der Waals surface area contributed by atoms with Crippen LogP contribution < -0.4 is 10.2 Å². The van der Waals surface area contributed by atoms with Crippen LogP contribution in [0.25, 0.3) is 5.65 Å². The third-order valence-electron chi connectivity index (χ3n) is 5.36. The number of carbonyl (C=O) groups excluding carboxylic acids is 1. The van der Waals surface area contributed by atoms with Crippen LogP contribution in [0.2, 0.25) is 0 Å². The average Bonchev–Trinajstić information content (AvgIpc) is 3.37. The van der Waals surface area contributed by atoms with E-state index in [1.165, 1.54) is 10.7 Å². The highest BCUT2D eigenvalue weighted by molar-refractivity contribution is 5.99. The Morgan fingerprint density at radius 3 is 2.84 bits per heavy atom. The molecule has 3 heterocycles. The van der Waals surface area contributed by atoms with Gasteiger partial charge in [0, 0.05) is 19.3 Å². The van der Waals surface area contributed by atoms with Gasteiger partial charge in [-0.05, 0) is 49.1 Å². The highest BCUT2D eigenvalue weighted by Gasteiger charge is 2.38. The van der Waals surface area contributed by atoms with Gasteiger partial charge in [0.15, 0.2) is 5.65 Å². The van der Waals surface area contributed by atoms with E-state index in [-0.39, 0.29) is 17.0 Å². The zero-order valence-corrected chi connectivity index (χ0v) is 16.8. The van der Waals surface area contributed by atoms with Crippen LogP contribution in [0.5, 0.6) is 0 Å². The molecule has 4 rings (SSSR count). The zero-order valence-electron chi connectivity index (χ0n) is 16.8. The Morgan fingerprint density at radius 2 is 2.10 bits per heavy atom. The summed E-state index contributed by atoms with van der Waals surface area (Å²) in [5.74, 6) is -0.620. The largest absolute Gasteiger partial charge is 0.416 e. The van der Waals surface area contributed by atoms with Crippen molar-refractivity contribution in [3.8, 4) is 0 Å². The van der Waals surface area contributed by atoms with Crippen LogP contribution in [0, 0.1) is 5.82 Å². The molecule has 2 aromatic heterocycles. The van der Waals surface area contributed by atoms with Gasteiger partial charge in [0.25, 0.3) is 5.91 Å². The standard InChI is InChI=1S/C21H21F4N5O/c1-2-8-26-20(31)15-12-27-30-10-7-18(28-19(15)30)29-9-3-4-17(29)14-11-13(22)5-6-16(14)21(23,24)25/h5-7,10-12,17H,2-4,8-9H2,1H3,(H,26,31)/t17-/m1/s1. The molecule has 1 saturated heterocycles. The normalized spacial score (nSPS) is 16.8. The van der Waals surface area contributed by atoms with Crippen molar-refractivity contribution in [1.29, 1.82) is 0 Å². The molecule has 0 aliphatic carbocycles. The van der Waals surface area contributed by atoms with Gasteiger partial charge < -0.3 is 10.2 Å². The number of amides is 1. The van der Waals surface area contributed by atoms with E-state index in [0.717, 1.165) is 24.6 Å². The molecule has 1 atom stereocenters. The molecule has 31 heavy (non-hydrogen) atoms. The lowest BCUT2D eigenvalue weighted by atomic mass is 9.97. The van der Waals surface area contributed by atoms with Gasteiger partial charge >= 0.3 is 6.18 Å². The van der Waals surface area contributed by atoms with Crippen LogP contribution in [0.15, 0.2) is 36.7 Å². The molecule has 3 aromatic rings. The quantitative estimate of drug-likeness (QED) is 0.605. The number of nitrogens with zero attached hydrogens (tertiary/aromatic N) is 4. The van der Waals surface area contributed by atoms with Gasteiger partial charge in [-0.2, -0.15) is 18.3 Å². The maximum atomic E-state index is 13.9. The highest BCUT2D eigenvalue weighted by Crippen LogP contribution is 2.42. The molecule has 10 heteroatoms. The summed E-state index contributed by atoms with van der Waals surface area (Å²) in [5, 5.41) is 6.90. The first-order valence-electron chi connectivity index (χ1n) is 10.1. The number of rotatable bonds is 5. The summed E-state index contributed by atoms with van der Waals surface area (Å²) in [6.07, 6.45) is 0.267. The fraction of sp³-hybridized carbons (Fsp3) is 0.381. The van der Waals surface area contributed by atoms with E-state index in [1.807, 2.05) is 6.92 Å². The number of hydrogen-bond acceptors (Lipinski definition) is 4. The molecule has 1 amide bonds. The molecule has 0 spiro atoms. The topological polar surface area (TPSA) is 62.5 Å². The van der Waals surface area contributed by atoms with Crippen molar-refractivity contribution >= 4 is 17.4 Å². The number of benzene rings is 1. The first-order valence-corrected chi connectivity index (χ1v) is 10.1. The maximum Gasteiger partial charge on any atom is 0.416 e. The van der Waals surface area contributed by atoms with Crippen LogP contribution in [-0.4, -0.2) is 33.6 Å². The van der Waals surface area contributed by atoms with Crippen molar-refractivity contribution in [2.45, 2.75) is 38.4 Å². The Labute approximate surface area is 175 Å². The van der Waals surface area contributed by atoms with E-state index in [1.54, 1.807) is 17.2 Å². The van der Waals surface area contributed by atoms with Crippen LogP contribution in [0.3, 0.4) is 0 Å². The van der Waals surface area contributed by atoms with Crippen LogP contribution >= 0.6 is 0 Å². The minimum Gasteiger partial charge on any atom is -0.352 e. The van der Waals surface area contributed by atoms with Gasteiger partial charge in [-0.1, -0.05) is 6.92 Å². The average molecular weight is 435 g/mol. The van der Waals surface area contributed by atoms with E-state index < -0.39 is 23.6 Å². The SMILES string of the molecule is CCCNC(=O)c1cnn2ccc(N3CCC[C@@H]3c3cc(F)ccc3C(F)(F)F)nc12. The molecule has 1 fully saturated rings. The summed E-state index contributed by atoms with van der Waals surface area (Å²) in [5.41, 5.74) is -0.364. The molecule has 6 nitrogen and oxygen atoms in total. The Hall–Kier alpha value is -3.17. The Bertz CT molecular complexity index is 1110. The fourth-order valence-electron chi connectivity index (χ4n) is 3.94. The van der Waals surface area contributed by atoms with Crippen molar-refractivity contribution in [3.63, 3.8) is 0 Å². The molecule has 1 N–H and O–H groups in total. The third kappa shape index (κ3) is 4.06. The minimum atomic E-state index is -4.59. The minimum absolute atomic E-state index is 0.110. The Morgan fingerprint density at radius 1 is 1.29 bits per heavy atom. The lowest BCUT2D eigenvalue weighted by Crippen LogP contribution is -2.26. The molecule has 1 aromatic carbocycles. The summed E-state index contributed by atoms with van der Waals surface area (Å²) in [7, 11) is 0. The molecule has 1 aliphatic heterocycles. The smallest absolute Gasteiger partial charge is 0.352 e. The van der Waals surface area contributed by atoms with Crippen LogP contribution in [0.4, 0.5) is 23.4 Å². The summed E-state index contributed by atoms with van der Waals surface area (Å²) < 4.78 is 56.0. The van der Waals surface area contributed by atoms with E-state index >= 15 is 0 Å². The second-order valence-corrected chi connectivity index (χ2v) is 7.45. The van der Waals surface area contributed by atoms with Gasteiger partial charge in [0.05, 0.1) is 17.8 Å². The van der Waals surface area contributed by atoms with Crippen molar-refractivity contribution < 1.29 is 22.4 Å². The monoisotopic (exact) mass is 435 g/mol. The summed E-state index contributed by atoms with van der Waals surface area (Å²) >= 11 is 0. The molecule has 1 aliphatic rings. The van der Waals surface area contributed by atoms with Crippen LogP contribution in [-0.2, 0) is 6.18 Å². The van der Waals surface area contributed by atoms with Gasteiger partial charge in [-0.15, -0.1) is 0 Å². The van der Waals surface area contributed by atoms with Gasteiger partial charge in [0.2, 0.25) is 0 Å². The second kappa shape index (κ2) is 8.16. The fourth-order valence-corrected chi connectivity index (χ4v) is 3.94. The predicted molar refractivity (Wildman–Crippen MR) is 106 cm³/mol. The predicted octanol–water partition coefficient (Wildman–Crippen LogP) is 4.37. The summed E-state index contributed by atoms with van der Waals surface area (Å²) in [6.45, 7) is 2.90. The number of hydrogen-bond donors (Lipinski definition) is 1. The maximum absolute atomic E-state index is 13.9. The number of nitrogens with one attached hydrogen (secondary N) is 1. The van der Waals surface area contributed by atoms with E-state index in [9.17, 15) is 22.4 Å². The molecular weight excluding hydrogens is 414 g/mol. The summed E-state index contributed by atoms with van der Waals surface area (Å²) in [4.78, 5) is 18.7. The first kappa shape index (κ1) is 21.1. The second-order valence-electron chi connectivity index (χ2n) is 7.45. The lowest BCUT2D eigenvalue weighted by Gasteiger charge is -2.28. The van der Waals surface area contributed by atoms with Gasteiger partial charge in [-0.3, -0.25) is 4.79 Å². The molecule has 0 bridgehead atoms. The van der Waals surface area contributed by atoms with Crippen molar-refractivity contribution in [1.82, 2.24) is 19.9 Å². The molecule has 0 radical (unpaired) electrons. The highest BCUT2D eigenvalue weighted by atomic mass is 19.4. The molecule has 0 saturated carbocycles. The number of alkyl halides is 3. The van der Waals surface area contributed by atoms with E-state index in [2.05, 4.69) is 15.4 Å². The van der Waals surface area contributed by atoms with Gasteiger partial charge in [0.1, 0.15) is 17.2 Å². The molecule has 0 unspecified atom stereocenters. The number of aromatic nitrogens is 3. The number of halogens is 4. The van der Waals surface area contributed by atoms with Gasteiger partial charge in [-0.25, -0.2) is 13.9 Å². The van der Waals surface area contributed by atoms with E-state index in [0.29, 0.717) is 37.4 Å².